The highest BCUT2D eigenvalue weighted by molar-refractivity contribution is 5.94. The van der Waals surface area contributed by atoms with Crippen molar-refractivity contribution in [2.24, 2.45) is 0 Å². The number of nitrogens with one attached hydrogen (secondary N) is 1. The Balaban J connectivity index is 2.31. The van der Waals surface area contributed by atoms with Gasteiger partial charge < -0.3 is 10.4 Å². The lowest BCUT2D eigenvalue weighted by Crippen LogP contribution is -2.31. The molecule has 82 valence electrons. The molecule has 0 aliphatic rings. The van der Waals surface area contributed by atoms with E-state index in [0.717, 1.165) is 0 Å². The molecule has 0 bridgehead atoms. The molecule has 1 rings (SSSR count). The number of aliphatic hydroxyl groups excluding tert-OH is 1. The Kier molecular flexibility index (Phi) is 4.93. The molecule has 0 radical (unpaired) electrons. The highest BCUT2D eigenvalue weighted by Crippen LogP contribution is 1.98. The molecule has 0 aliphatic heterocycles. The first-order valence-corrected chi connectivity index (χ1v) is 5.02. The SMILES string of the molecule is CC(CO)NCCC(=O)c1ccccn1. The van der Waals surface area contributed by atoms with E-state index in [4.69, 9.17) is 5.11 Å². The van der Waals surface area contributed by atoms with E-state index < -0.39 is 0 Å². The Bertz CT molecular complexity index is 301. The first-order valence-electron chi connectivity index (χ1n) is 5.02. The molecule has 1 aromatic heterocycles. The normalized spacial score (nSPS) is 12.4. The number of nitrogens with zero attached hydrogens (tertiary/aromatic N) is 1. The van der Waals surface area contributed by atoms with Gasteiger partial charge in [0.1, 0.15) is 5.69 Å². The Labute approximate surface area is 89.3 Å². The quantitative estimate of drug-likeness (QED) is 0.673. The molecule has 15 heavy (non-hydrogen) atoms. The predicted molar refractivity (Wildman–Crippen MR) is 57.7 cm³/mol. The number of aromatic nitrogens is 1. The summed E-state index contributed by atoms with van der Waals surface area (Å²) in [6, 6.07) is 5.31. The summed E-state index contributed by atoms with van der Waals surface area (Å²) in [4.78, 5) is 15.5. The van der Waals surface area contributed by atoms with Crippen LogP contribution < -0.4 is 5.32 Å². The molecule has 1 unspecified atom stereocenters. The first-order chi connectivity index (χ1) is 7.24. The van der Waals surface area contributed by atoms with E-state index >= 15 is 0 Å². The third-order valence-corrected chi connectivity index (χ3v) is 2.07. The number of Topliss-reactive ketones (excluding diaryl/α,β-unsaturated/α-hetero) is 1. The minimum absolute atomic E-state index is 0.0215. The first kappa shape index (κ1) is 11.8. The van der Waals surface area contributed by atoms with Gasteiger partial charge in [0.15, 0.2) is 5.78 Å². The van der Waals surface area contributed by atoms with Gasteiger partial charge >= 0.3 is 0 Å². The van der Waals surface area contributed by atoms with Crippen LogP contribution in [0, 0.1) is 0 Å². The zero-order valence-corrected chi connectivity index (χ0v) is 8.81. The molecule has 4 nitrogen and oxygen atoms in total. The van der Waals surface area contributed by atoms with Crippen LogP contribution in [0.3, 0.4) is 0 Å². The summed E-state index contributed by atoms with van der Waals surface area (Å²) in [6.07, 6.45) is 2.01. The summed E-state index contributed by atoms with van der Waals surface area (Å²) in [5.74, 6) is 0.0215. The summed E-state index contributed by atoms with van der Waals surface area (Å²) in [5, 5.41) is 11.8. The molecular weight excluding hydrogens is 192 g/mol. The molecule has 1 heterocycles. The van der Waals surface area contributed by atoms with Gasteiger partial charge in [-0.25, -0.2) is 0 Å². The molecule has 1 atom stereocenters. The number of ketones is 1. The number of carbonyl (C=O) groups excluding carboxylic acids is 1. The Hall–Kier alpha value is -1.26. The van der Waals surface area contributed by atoms with Crippen LogP contribution in [0.1, 0.15) is 23.8 Å². The molecule has 0 aromatic carbocycles. The van der Waals surface area contributed by atoms with Crippen molar-refractivity contribution in [3.63, 3.8) is 0 Å². The van der Waals surface area contributed by atoms with E-state index in [1.165, 1.54) is 0 Å². The van der Waals surface area contributed by atoms with Gasteiger partial charge in [0.05, 0.1) is 6.61 Å². The fourth-order valence-electron chi connectivity index (χ4n) is 1.15. The van der Waals surface area contributed by atoms with Crippen LogP contribution in [0.5, 0.6) is 0 Å². The van der Waals surface area contributed by atoms with Crippen molar-refractivity contribution in [1.29, 1.82) is 0 Å². The fraction of sp³-hybridized carbons (Fsp3) is 0.455. The van der Waals surface area contributed by atoms with Gasteiger partial charge in [-0.2, -0.15) is 0 Å². The van der Waals surface area contributed by atoms with Gasteiger partial charge in [-0.3, -0.25) is 9.78 Å². The number of rotatable bonds is 6. The third kappa shape index (κ3) is 4.18. The van der Waals surface area contributed by atoms with Gasteiger partial charge in [0.2, 0.25) is 0 Å². The molecule has 0 saturated heterocycles. The van der Waals surface area contributed by atoms with Crippen molar-refractivity contribution in [3.05, 3.63) is 30.1 Å². The van der Waals surface area contributed by atoms with E-state index in [9.17, 15) is 4.79 Å². The van der Waals surface area contributed by atoms with Crippen LogP contribution in [-0.4, -0.2) is 35.1 Å². The molecule has 0 fully saturated rings. The second kappa shape index (κ2) is 6.27. The monoisotopic (exact) mass is 208 g/mol. The highest BCUT2D eigenvalue weighted by Gasteiger charge is 2.06. The number of pyridine rings is 1. The number of hydrogen-bond acceptors (Lipinski definition) is 4. The minimum Gasteiger partial charge on any atom is -0.395 e. The topological polar surface area (TPSA) is 62.2 Å². The Morgan fingerprint density at radius 3 is 3.00 bits per heavy atom. The summed E-state index contributed by atoms with van der Waals surface area (Å²) >= 11 is 0. The van der Waals surface area contributed by atoms with Crippen LogP contribution in [0.25, 0.3) is 0 Å². The van der Waals surface area contributed by atoms with Gasteiger partial charge in [-0.05, 0) is 19.1 Å². The average molecular weight is 208 g/mol. The largest absolute Gasteiger partial charge is 0.395 e. The van der Waals surface area contributed by atoms with Crippen molar-refractivity contribution in [2.45, 2.75) is 19.4 Å². The van der Waals surface area contributed by atoms with Crippen molar-refractivity contribution in [3.8, 4) is 0 Å². The van der Waals surface area contributed by atoms with Crippen LogP contribution >= 0.6 is 0 Å². The Morgan fingerprint density at radius 2 is 2.40 bits per heavy atom. The lowest BCUT2D eigenvalue weighted by molar-refractivity contribution is 0.0975. The standard InChI is InChI=1S/C11H16N2O2/c1-9(8-14)12-7-5-11(15)10-4-2-3-6-13-10/h2-4,6,9,12,14H,5,7-8H2,1H3. The van der Waals surface area contributed by atoms with E-state index in [-0.39, 0.29) is 18.4 Å². The lowest BCUT2D eigenvalue weighted by Gasteiger charge is -2.09. The Morgan fingerprint density at radius 1 is 1.60 bits per heavy atom. The van der Waals surface area contributed by atoms with E-state index in [0.29, 0.717) is 18.7 Å². The number of hydrogen-bond donors (Lipinski definition) is 2. The zero-order valence-electron chi connectivity index (χ0n) is 8.81. The van der Waals surface area contributed by atoms with Crippen molar-refractivity contribution >= 4 is 5.78 Å². The summed E-state index contributed by atoms with van der Waals surface area (Å²) in [7, 11) is 0. The molecule has 4 heteroatoms. The van der Waals surface area contributed by atoms with Crippen LogP contribution in [0.15, 0.2) is 24.4 Å². The zero-order chi connectivity index (χ0) is 11.1. The molecule has 2 N–H and O–H groups in total. The molecule has 0 amide bonds. The average Bonchev–Trinajstić information content (AvgIpc) is 2.29. The van der Waals surface area contributed by atoms with Gasteiger partial charge in [-0.15, -0.1) is 0 Å². The molecule has 1 aromatic rings. The third-order valence-electron chi connectivity index (χ3n) is 2.07. The van der Waals surface area contributed by atoms with Crippen LogP contribution in [0.4, 0.5) is 0 Å². The van der Waals surface area contributed by atoms with Crippen molar-refractivity contribution in [1.82, 2.24) is 10.3 Å². The van der Waals surface area contributed by atoms with E-state index in [1.807, 2.05) is 6.92 Å². The fourth-order valence-corrected chi connectivity index (χ4v) is 1.15. The molecule has 0 aliphatic carbocycles. The summed E-state index contributed by atoms with van der Waals surface area (Å²) in [6.45, 7) is 2.51. The lowest BCUT2D eigenvalue weighted by atomic mass is 10.2. The molecule has 0 spiro atoms. The second-order valence-electron chi connectivity index (χ2n) is 3.43. The highest BCUT2D eigenvalue weighted by atomic mass is 16.3. The smallest absolute Gasteiger partial charge is 0.182 e. The van der Waals surface area contributed by atoms with Gasteiger partial charge in [0.25, 0.3) is 0 Å². The second-order valence-corrected chi connectivity index (χ2v) is 3.43. The number of carbonyl (C=O) groups is 1. The summed E-state index contributed by atoms with van der Waals surface area (Å²) in [5.41, 5.74) is 0.496. The molecule has 0 saturated carbocycles. The summed E-state index contributed by atoms with van der Waals surface area (Å²) < 4.78 is 0. The van der Waals surface area contributed by atoms with Crippen LogP contribution in [-0.2, 0) is 0 Å². The minimum atomic E-state index is 0.0215. The maximum atomic E-state index is 11.5. The number of aliphatic hydroxyl groups is 1. The van der Waals surface area contributed by atoms with Crippen molar-refractivity contribution in [2.75, 3.05) is 13.2 Å². The predicted octanol–water partition coefficient (Wildman–Crippen LogP) is 0.625. The maximum absolute atomic E-state index is 11.5. The van der Waals surface area contributed by atoms with Gasteiger partial charge in [-0.1, -0.05) is 6.07 Å². The van der Waals surface area contributed by atoms with E-state index in [2.05, 4.69) is 10.3 Å². The maximum Gasteiger partial charge on any atom is 0.182 e. The van der Waals surface area contributed by atoms with Crippen molar-refractivity contribution < 1.29 is 9.90 Å². The van der Waals surface area contributed by atoms with Crippen LogP contribution in [0.2, 0.25) is 0 Å². The van der Waals surface area contributed by atoms with Gasteiger partial charge in [0, 0.05) is 25.2 Å². The van der Waals surface area contributed by atoms with E-state index in [1.54, 1.807) is 24.4 Å². The molecular formula is C11H16N2O2.